The van der Waals surface area contributed by atoms with E-state index in [-0.39, 0.29) is 5.69 Å². The standard InChI is InChI=1S/C9H7F4NO.C2H6/c1-4(15)6-2-5(14)3-7(8(6)10)9(11,12)13;1-2/h2-3H,14H2,1H3;1-2H3. The first-order chi connectivity index (χ1) is 7.73. The second kappa shape index (κ2) is 5.65. The fourth-order valence-electron chi connectivity index (χ4n) is 1.11. The monoisotopic (exact) mass is 251 g/mol. The van der Waals surface area contributed by atoms with Gasteiger partial charge in [0.2, 0.25) is 0 Å². The third kappa shape index (κ3) is 3.72. The van der Waals surface area contributed by atoms with E-state index in [2.05, 4.69) is 0 Å². The van der Waals surface area contributed by atoms with E-state index >= 15 is 0 Å². The molecule has 2 nitrogen and oxygen atoms in total. The van der Waals surface area contributed by atoms with Crippen LogP contribution in [0.1, 0.15) is 36.7 Å². The molecule has 0 aliphatic heterocycles. The molecule has 96 valence electrons. The van der Waals surface area contributed by atoms with Crippen LogP contribution in [0, 0.1) is 5.82 Å². The summed E-state index contributed by atoms with van der Waals surface area (Å²) < 4.78 is 50.0. The Hall–Kier alpha value is -1.59. The second-order valence-electron chi connectivity index (χ2n) is 2.98. The van der Waals surface area contributed by atoms with Gasteiger partial charge in [0, 0.05) is 5.69 Å². The maximum atomic E-state index is 13.2. The maximum absolute atomic E-state index is 13.2. The number of anilines is 1. The number of Topliss-reactive ketones (excluding diaryl/α,β-unsaturated/α-hetero) is 1. The summed E-state index contributed by atoms with van der Waals surface area (Å²) in [5.74, 6) is -2.38. The molecule has 0 aliphatic carbocycles. The van der Waals surface area contributed by atoms with Gasteiger partial charge in [0.15, 0.2) is 5.78 Å². The van der Waals surface area contributed by atoms with Crippen molar-refractivity contribution in [1.82, 2.24) is 0 Å². The third-order valence-electron chi connectivity index (χ3n) is 1.78. The van der Waals surface area contributed by atoms with Crippen LogP contribution in [0.5, 0.6) is 0 Å². The van der Waals surface area contributed by atoms with Gasteiger partial charge in [-0.3, -0.25) is 4.79 Å². The Kier molecular flexibility index (Phi) is 5.12. The molecule has 1 aromatic carbocycles. The van der Waals surface area contributed by atoms with Gasteiger partial charge in [0.25, 0.3) is 0 Å². The predicted octanol–water partition coefficient (Wildman–Crippen LogP) is 3.66. The van der Waals surface area contributed by atoms with E-state index in [1.807, 2.05) is 13.8 Å². The fraction of sp³-hybridized carbons (Fsp3) is 0.364. The van der Waals surface area contributed by atoms with Crippen LogP contribution >= 0.6 is 0 Å². The zero-order chi connectivity index (χ0) is 13.8. The lowest BCUT2D eigenvalue weighted by atomic mass is 10.1. The minimum Gasteiger partial charge on any atom is -0.399 e. The molecule has 2 N–H and O–H groups in total. The lowest BCUT2D eigenvalue weighted by Gasteiger charge is -2.11. The van der Waals surface area contributed by atoms with Crippen molar-refractivity contribution in [2.24, 2.45) is 0 Å². The first-order valence-corrected chi connectivity index (χ1v) is 4.90. The highest BCUT2D eigenvalue weighted by molar-refractivity contribution is 5.95. The van der Waals surface area contributed by atoms with Gasteiger partial charge in [-0.05, 0) is 19.1 Å². The lowest BCUT2D eigenvalue weighted by Crippen LogP contribution is -2.12. The Morgan fingerprint density at radius 3 is 2.06 bits per heavy atom. The summed E-state index contributed by atoms with van der Waals surface area (Å²) in [6.45, 7) is 4.97. The Morgan fingerprint density at radius 1 is 1.24 bits per heavy atom. The van der Waals surface area contributed by atoms with Gasteiger partial charge in [0.05, 0.1) is 11.1 Å². The first-order valence-electron chi connectivity index (χ1n) is 4.90. The molecule has 1 aromatic rings. The topological polar surface area (TPSA) is 43.1 Å². The second-order valence-corrected chi connectivity index (χ2v) is 2.98. The molecule has 0 unspecified atom stereocenters. The average Bonchev–Trinajstić information content (AvgIpc) is 2.22. The highest BCUT2D eigenvalue weighted by Gasteiger charge is 2.35. The fourth-order valence-corrected chi connectivity index (χ4v) is 1.11. The Bertz CT molecular complexity index is 413. The number of nitrogens with two attached hydrogens (primary N) is 1. The van der Waals surface area contributed by atoms with Crippen molar-refractivity contribution in [2.75, 3.05) is 5.73 Å². The van der Waals surface area contributed by atoms with Crippen molar-refractivity contribution < 1.29 is 22.4 Å². The molecule has 6 heteroatoms. The van der Waals surface area contributed by atoms with Crippen LogP contribution < -0.4 is 5.73 Å². The van der Waals surface area contributed by atoms with Crippen molar-refractivity contribution >= 4 is 11.5 Å². The minimum atomic E-state index is -4.86. The number of benzene rings is 1. The maximum Gasteiger partial charge on any atom is 0.419 e. The Balaban J connectivity index is 0.00000121. The van der Waals surface area contributed by atoms with E-state index in [0.29, 0.717) is 6.07 Å². The number of carbonyl (C=O) groups excluding carboxylic acids is 1. The van der Waals surface area contributed by atoms with Crippen molar-refractivity contribution in [2.45, 2.75) is 26.9 Å². The molecule has 0 aromatic heterocycles. The first kappa shape index (κ1) is 15.4. The van der Waals surface area contributed by atoms with Crippen LogP contribution in [0.25, 0.3) is 0 Å². The van der Waals surface area contributed by atoms with Crippen LogP contribution in [-0.2, 0) is 6.18 Å². The molecule has 0 amide bonds. The van der Waals surface area contributed by atoms with Gasteiger partial charge in [-0.1, -0.05) is 13.8 Å². The number of hydrogen-bond acceptors (Lipinski definition) is 2. The molecule has 1 rings (SSSR count). The van der Waals surface area contributed by atoms with Gasteiger partial charge >= 0.3 is 6.18 Å². The van der Waals surface area contributed by atoms with Crippen molar-refractivity contribution in [3.05, 3.63) is 29.1 Å². The highest BCUT2D eigenvalue weighted by atomic mass is 19.4. The molecule has 0 atom stereocenters. The van der Waals surface area contributed by atoms with E-state index in [1.54, 1.807) is 0 Å². The van der Waals surface area contributed by atoms with Crippen molar-refractivity contribution in [1.29, 1.82) is 0 Å². The highest BCUT2D eigenvalue weighted by Crippen LogP contribution is 2.34. The number of halogens is 4. The van der Waals surface area contributed by atoms with Gasteiger partial charge in [-0.2, -0.15) is 13.2 Å². The van der Waals surface area contributed by atoms with Crippen molar-refractivity contribution in [3.63, 3.8) is 0 Å². The normalized spacial score (nSPS) is 10.5. The lowest BCUT2D eigenvalue weighted by molar-refractivity contribution is -0.139. The molecular formula is C11H13F4NO. The summed E-state index contributed by atoms with van der Waals surface area (Å²) >= 11 is 0. The van der Waals surface area contributed by atoms with E-state index in [0.717, 1.165) is 13.0 Å². The SMILES string of the molecule is CC.CC(=O)c1cc(N)cc(C(F)(F)F)c1F. The number of hydrogen-bond donors (Lipinski definition) is 1. The number of alkyl halides is 3. The molecule has 0 aliphatic rings. The summed E-state index contributed by atoms with van der Waals surface area (Å²) in [4.78, 5) is 10.8. The van der Waals surface area contributed by atoms with Crippen LogP contribution in [0.4, 0.5) is 23.2 Å². The summed E-state index contributed by atoms with van der Waals surface area (Å²) in [6, 6.07) is 1.34. The molecule has 0 saturated heterocycles. The number of ketones is 1. The number of nitrogen functional groups attached to an aromatic ring is 1. The van der Waals surface area contributed by atoms with Crippen molar-refractivity contribution in [3.8, 4) is 0 Å². The van der Waals surface area contributed by atoms with Crippen LogP contribution in [0.15, 0.2) is 12.1 Å². The molecule has 0 bridgehead atoms. The van der Waals surface area contributed by atoms with Gasteiger partial charge in [-0.25, -0.2) is 4.39 Å². The minimum absolute atomic E-state index is 0.297. The van der Waals surface area contributed by atoms with E-state index in [1.165, 1.54) is 0 Å². The van der Waals surface area contributed by atoms with Gasteiger partial charge < -0.3 is 5.73 Å². The zero-order valence-electron chi connectivity index (χ0n) is 9.65. The van der Waals surface area contributed by atoms with Gasteiger partial charge in [0.1, 0.15) is 5.82 Å². The predicted molar refractivity (Wildman–Crippen MR) is 57.2 cm³/mol. The molecule has 0 fully saturated rings. The number of carbonyl (C=O) groups is 1. The molecule has 0 saturated carbocycles. The van der Waals surface area contributed by atoms with E-state index in [4.69, 9.17) is 5.73 Å². The average molecular weight is 251 g/mol. The smallest absolute Gasteiger partial charge is 0.399 e. The summed E-state index contributed by atoms with van der Waals surface area (Å²) in [5.41, 5.74) is 2.68. The molecule has 0 radical (unpaired) electrons. The van der Waals surface area contributed by atoms with Crippen LogP contribution in [0.2, 0.25) is 0 Å². The van der Waals surface area contributed by atoms with E-state index in [9.17, 15) is 22.4 Å². The zero-order valence-corrected chi connectivity index (χ0v) is 9.65. The largest absolute Gasteiger partial charge is 0.419 e. The van der Waals surface area contributed by atoms with E-state index < -0.39 is 28.9 Å². The summed E-state index contributed by atoms with van der Waals surface area (Å²) in [5, 5.41) is 0. The Morgan fingerprint density at radius 2 is 1.71 bits per heavy atom. The molecular weight excluding hydrogens is 238 g/mol. The quantitative estimate of drug-likeness (QED) is 0.470. The Labute approximate surface area is 96.4 Å². The van der Waals surface area contributed by atoms with Crippen LogP contribution in [0.3, 0.4) is 0 Å². The third-order valence-corrected chi connectivity index (χ3v) is 1.78. The van der Waals surface area contributed by atoms with Crippen LogP contribution in [-0.4, -0.2) is 5.78 Å². The molecule has 17 heavy (non-hydrogen) atoms. The molecule has 0 spiro atoms. The molecule has 0 heterocycles. The van der Waals surface area contributed by atoms with Gasteiger partial charge in [-0.15, -0.1) is 0 Å². The number of rotatable bonds is 1. The summed E-state index contributed by atoms with van der Waals surface area (Å²) in [7, 11) is 0. The summed E-state index contributed by atoms with van der Waals surface area (Å²) in [6.07, 6.45) is -4.86.